The van der Waals surface area contributed by atoms with Crippen molar-refractivity contribution < 1.29 is 8.78 Å². The van der Waals surface area contributed by atoms with Gasteiger partial charge in [0.2, 0.25) is 0 Å². The second-order valence-electron chi connectivity index (χ2n) is 4.04. The highest BCUT2D eigenvalue weighted by Crippen LogP contribution is 2.26. The Bertz CT molecular complexity index is 570. The molecule has 0 amide bonds. The lowest BCUT2D eigenvalue weighted by atomic mass is 10.1. The molecule has 0 aliphatic heterocycles. The van der Waals surface area contributed by atoms with Crippen LogP contribution in [0.2, 0.25) is 0 Å². The first-order valence-electron chi connectivity index (χ1n) is 5.49. The fourth-order valence-corrected chi connectivity index (χ4v) is 2.58. The normalized spacial score (nSPS) is 10.6. The van der Waals surface area contributed by atoms with Crippen molar-refractivity contribution in [2.24, 2.45) is 0 Å². The van der Waals surface area contributed by atoms with Crippen LogP contribution < -0.4 is 5.73 Å². The van der Waals surface area contributed by atoms with Crippen molar-refractivity contribution in [3.8, 4) is 0 Å². The van der Waals surface area contributed by atoms with Crippen LogP contribution in [0.3, 0.4) is 0 Å². The summed E-state index contributed by atoms with van der Waals surface area (Å²) in [5, 5.41) is 0. The summed E-state index contributed by atoms with van der Waals surface area (Å²) >= 11 is 1.50. The molecule has 0 atom stereocenters. The Morgan fingerprint density at radius 2 is 1.89 bits per heavy atom. The van der Waals surface area contributed by atoms with Crippen molar-refractivity contribution in [2.45, 2.75) is 17.6 Å². The van der Waals surface area contributed by atoms with Crippen LogP contribution in [0.4, 0.5) is 14.5 Å². The van der Waals surface area contributed by atoms with Gasteiger partial charge in [-0.1, -0.05) is 6.07 Å². The highest BCUT2D eigenvalue weighted by Gasteiger charge is 2.04. The van der Waals surface area contributed by atoms with Gasteiger partial charge in [0.05, 0.1) is 5.69 Å². The lowest BCUT2D eigenvalue weighted by Crippen LogP contribution is -1.91. The fraction of sp³-hybridized carbons (Fsp3) is 0.143. The van der Waals surface area contributed by atoms with Crippen LogP contribution in [-0.2, 0) is 5.75 Å². The number of anilines is 1. The molecule has 4 heteroatoms. The van der Waals surface area contributed by atoms with Crippen molar-refractivity contribution in [1.29, 1.82) is 0 Å². The van der Waals surface area contributed by atoms with Crippen molar-refractivity contribution in [3.05, 3.63) is 59.2 Å². The number of nitrogens with two attached hydrogens (primary N) is 1. The highest BCUT2D eigenvalue weighted by molar-refractivity contribution is 7.98. The van der Waals surface area contributed by atoms with E-state index in [9.17, 15) is 8.78 Å². The molecule has 0 bridgehead atoms. The van der Waals surface area contributed by atoms with E-state index in [0.717, 1.165) is 16.0 Å². The van der Waals surface area contributed by atoms with Crippen LogP contribution in [0.1, 0.15) is 11.1 Å². The van der Waals surface area contributed by atoms with Gasteiger partial charge in [-0.3, -0.25) is 0 Å². The first-order chi connectivity index (χ1) is 8.56. The summed E-state index contributed by atoms with van der Waals surface area (Å²) in [6.07, 6.45) is 0. The molecular formula is C14H13F2NS. The predicted octanol–water partition coefficient (Wildman–Crippen LogP) is 4.15. The van der Waals surface area contributed by atoms with Gasteiger partial charge in [-0.2, -0.15) is 0 Å². The molecule has 1 nitrogen and oxygen atoms in total. The van der Waals surface area contributed by atoms with E-state index in [1.165, 1.54) is 30.0 Å². The lowest BCUT2D eigenvalue weighted by molar-refractivity contribution is 0.626. The second-order valence-corrected chi connectivity index (χ2v) is 5.09. The molecule has 0 spiro atoms. The van der Waals surface area contributed by atoms with E-state index in [1.54, 1.807) is 18.2 Å². The Hall–Kier alpha value is -1.55. The largest absolute Gasteiger partial charge is 0.396 e. The Morgan fingerprint density at radius 1 is 1.11 bits per heavy atom. The van der Waals surface area contributed by atoms with Gasteiger partial charge in [0.1, 0.15) is 11.6 Å². The molecule has 0 saturated carbocycles. The molecule has 2 N–H and O–H groups in total. The van der Waals surface area contributed by atoms with E-state index in [2.05, 4.69) is 0 Å². The van der Waals surface area contributed by atoms with Crippen LogP contribution in [0.25, 0.3) is 0 Å². The number of hydrogen-bond acceptors (Lipinski definition) is 2. The molecule has 0 heterocycles. The molecule has 2 rings (SSSR count). The van der Waals surface area contributed by atoms with Crippen LogP contribution in [0.5, 0.6) is 0 Å². The number of halogens is 2. The predicted molar refractivity (Wildman–Crippen MR) is 71.5 cm³/mol. The van der Waals surface area contributed by atoms with E-state index >= 15 is 0 Å². The Labute approximate surface area is 109 Å². The summed E-state index contributed by atoms with van der Waals surface area (Å²) in [5.41, 5.74) is 7.50. The zero-order chi connectivity index (χ0) is 13.1. The van der Waals surface area contributed by atoms with Gasteiger partial charge >= 0.3 is 0 Å². The molecule has 0 aromatic heterocycles. The minimum atomic E-state index is -0.407. The maximum absolute atomic E-state index is 13.2. The smallest absolute Gasteiger partial charge is 0.147 e. The molecule has 0 saturated heterocycles. The zero-order valence-electron chi connectivity index (χ0n) is 9.91. The van der Waals surface area contributed by atoms with Crippen LogP contribution in [0.15, 0.2) is 41.3 Å². The minimum absolute atomic E-state index is 0.150. The SMILES string of the molecule is Cc1cc(F)ccc1CSc1ccc(N)c(F)c1. The third kappa shape index (κ3) is 3.01. The summed E-state index contributed by atoms with van der Waals surface area (Å²) in [6, 6.07) is 9.44. The van der Waals surface area contributed by atoms with Crippen molar-refractivity contribution in [2.75, 3.05) is 5.73 Å². The van der Waals surface area contributed by atoms with Crippen LogP contribution in [-0.4, -0.2) is 0 Å². The first-order valence-corrected chi connectivity index (χ1v) is 6.47. The summed E-state index contributed by atoms with van der Waals surface area (Å²) < 4.78 is 26.2. The van der Waals surface area contributed by atoms with Gasteiger partial charge in [-0.05, 0) is 48.4 Å². The van der Waals surface area contributed by atoms with Crippen LogP contribution in [0, 0.1) is 18.6 Å². The Balaban J connectivity index is 2.09. The maximum atomic E-state index is 13.2. The van der Waals surface area contributed by atoms with E-state index in [1.807, 2.05) is 6.92 Å². The number of aryl methyl sites for hydroxylation is 1. The van der Waals surface area contributed by atoms with E-state index in [-0.39, 0.29) is 11.5 Å². The van der Waals surface area contributed by atoms with Gasteiger partial charge in [0.15, 0.2) is 0 Å². The van der Waals surface area contributed by atoms with Gasteiger partial charge in [-0.15, -0.1) is 11.8 Å². The number of nitrogen functional groups attached to an aromatic ring is 1. The number of thioether (sulfide) groups is 1. The third-order valence-corrected chi connectivity index (χ3v) is 3.71. The lowest BCUT2D eigenvalue weighted by Gasteiger charge is -2.06. The molecule has 0 aliphatic carbocycles. The molecule has 0 fully saturated rings. The first kappa shape index (κ1) is 12.9. The summed E-state index contributed by atoms with van der Waals surface area (Å²) in [5.74, 6) is 0.0331. The Morgan fingerprint density at radius 3 is 2.56 bits per heavy atom. The van der Waals surface area contributed by atoms with Crippen molar-refractivity contribution in [3.63, 3.8) is 0 Å². The summed E-state index contributed by atoms with van der Waals surface area (Å²) in [6.45, 7) is 1.86. The molecule has 0 aliphatic rings. The number of hydrogen-bond donors (Lipinski definition) is 1. The summed E-state index contributed by atoms with van der Waals surface area (Å²) in [7, 11) is 0. The molecule has 0 unspecified atom stereocenters. The molecule has 18 heavy (non-hydrogen) atoms. The number of rotatable bonds is 3. The van der Waals surface area contributed by atoms with Gasteiger partial charge in [-0.25, -0.2) is 8.78 Å². The summed E-state index contributed by atoms with van der Waals surface area (Å²) in [4.78, 5) is 0.811. The average Bonchev–Trinajstić information content (AvgIpc) is 2.32. The second kappa shape index (κ2) is 5.40. The topological polar surface area (TPSA) is 26.0 Å². The monoisotopic (exact) mass is 265 g/mol. The van der Waals surface area contributed by atoms with E-state index in [0.29, 0.717) is 5.75 Å². The van der Waals surface area contributed by atoms with Crippen molar-refractivity contribution >= 4 is 17.4 Å². The minimum Gasteiger partial charge on any atom is -0.396 e. The van der Waals surface area contributed by atoms with Gasteiger partial charge in [0, 0.05) is 10.6 Å². The zero-order valence-corrected chi connectivity index (χ0v) is 10.7. The quantitative estimate of drug-likeness (QED) is 0.666. The van der Waals surface area contributed by atoms with Crippen molar-refractivity contribution in [1.82, 2.24) is 0 Å². The molecule has 94 valence electrons. The van der Waals surface area contributed by atoms with Gasteiger partial charge in [0.25, 0.3) is 0 Å². The van der Waals surface area contributed by atoms with Crippen LogP contribution >= 0.6 is 11.8 Å². The van der Waals surface area contributed by atoms with Gasteiger partial charge < -0.3 is 5.73 Å². The molecular weight excluding hydrogens is 252 g/mol. The molecule has 2 aromatic carbocycles. The van der Waals surface area contributed by atoms with E-state index in [4.69, 9.17) is 5.73 Å². The fourth-order valence-electron chi connectivity index (χ4n) is 1.58. The standard InChI is InChI=1S/C14H13F2NS/c1-9-6-11(15)3-2-10(9)8-18-12-4-5-14(17)13(16)7-12/h2-7H,8,17H2,1H3. The maximum Gasteiger partial charge on any atom is 0.147 e. The number of benzene rings is 2. The average molecular weight is 265 g/mol. The van der Waals surface area contributed by atoms with E-state index < -0.39 is 5.82 Å². The molecule has 0 radical (unpaired) electrons. The highest BCUT2D eigenvalue weighted by atomic mass is 32.2. The Kier molecular flexibility index (Phi) is 3.87. The third-order valence-electron chi connectivity index (χ3n) is 2.67. The molecule has 2 aromatic rings.